The zero-order valence-corrected chi connectivity index (χ0v) is 12.1. The first-order valence-corrected chi connectivity index (χ1v) is 6.94. The Hall–Kier alpha value is -2.29. The van der Waals surface area contributed by atoms with Gasteiger partial charge in [-0.05, 0) is 31.5 Å². The van der Waals surface area contributed by atoms with E-state index < -0.39 is 0 Å². The van der Waals surface area contributed by atoms with Crippen LogP contribution in [0.25, 0.3) is 0 Å². The van der Waals surface area contributed by atoms with E-state index in [9.17, 15) is 0 Å². The second-order valence-electron chi connectivity index (χ2n) is 4.67. The number of aliphatic imine (C=N–C) groups is 1. The number of aryl methyl sites for hydroxylation is 1. The molecule has 3 nitrogen and oxygen atoms in total. The zero-order valence-electron chi connectivity index (χ0n) is 12.1. The lowest BCUT2D eigenvalue weighted by atomic mass is 10.1. The van der Waals surface area contributed by atoms with Crippen LogP contribution in [-0.4, -0.2) is 12.5 Å². The van der Waals surface area contributed by atoms with Crippen LogP contribution in [0.2, 0.25) is 0 Å². The number of hydrogen-bond donors (Lipinski definition) is 2. The maximum Gasteiger partial charge on any atom is 0.196 e. The number of para-hydroxylation sites is 1. The molecule has 0 aromatic heterocycles. The average Bonchev–Trinajstić information content (AvgIpc) is 2.48. The second kappa shape index (κ2) is 7.34. The molecule has 0 aliphatic carbocycles. The highest BCUT2D eigenvalue weighted by Gasteiger charge is 1.98. The van der Waals surface area contributed by atoms with Gasteiger partial charge in [0.25, 0.3) is 0 Å². The van der Waals surface area contributed by atoms with Crippen LogP contribution in [0, 0.1) is 6.92 Å². The van der Waals surface area contributed by atoms with Crippen molar-refractivity contribution in [2.75, 3.05) is 11.9 Å². The molecule has 0 saturated carbocycles. The van der Waals surface area contributed by atoms with E-state index in [0.717, 1.165) is 18.2 Å². The molecule has 0 atom stereocenters. The van der Waals surface area contributed by atoms with Crippen molar-refractivity contribution in [3.8, 4) is 0 Å². The summed E-state index contributed by atoms with van der Waals surface area (Å²) < 4.78 is 0. The van der Waals surface area contributed by atoms with Gasteiger partial charge in [-0.25, -0.2) is 4.99 Å². The standard InChI is InChI=1S/C17H21N3/c1-3-18-17(20-16-7-5-4-6-8-16)19-13-15-11-9-14(2)10-12-15/h4-12H,3,13H2,1-2H3,(H2,18,19,20). The maximum atomic E-state index is 4.60. The first-order valence-electron chi connectivity index (χ1n) is 6.94. The molecule has 0 heterocycles. The molecule has 20 heavy (non-hydrogen) atoms. The minimum absolute atomic E-state index is 0.669. The van der Waals surface area contributed by atoms with E-state index in [2.05, 4.69) is 53.7 Å². The van der Waals surface area contributed by atoms with Crippen molar-refractivity contribution in [1.82, 2.24) is 5.32 Å². The topological polar surface area (TPSA) is 36.4 Å². The Balaban J connectivity index is 2.03. The average molecular weight is 267 g/mol. The van der Waals surface area contributed by atoms with Gasteiger partial charge < -0.3 is 10.6 Å². The molecule has 0 unspecified atom stereocenters. The van der Waals surface area contributed by atoms with Crippen LogP contribution >= 0.6 is 0 Å². The molecular formula is C17H21N3. The van der Waals surface area contributed by atoms with Gasteiger partial charge in [0.1, 0.15) is 0 Å². The minimum atomic E-state index is 0.669. The quantitative estimate of drug-likeness (QED) is 0.656. The fraction of sp³-hybridized carbons (Fsp3) is 0.235. The number of hydrogen-bond acceptors (Lipinski definition) is 1. The summed E-state index contributed by atoms with van der Waals surface area (Å²) in [5.41, 5.74) is 3.52. The molecule has 104 valence electrons. The summed E-state index contributed by atoms with van der Waals surface area (Å²) in [5.74, 6) is 0.805. The molecule has 3 heteroatoms. The SMILES string of the molecule is CCNC(=NCc1ccc(C)cc1)Nc1ccccc1. The largest absolute Gasteiger partial charge is 0.356 e. The lowest BCUT2D eigenvalue weighted by Crippen LogP contribution is -2.30. The molecule has 2 aromatic rings. The Morgan fingerprint density at radius 2 is 1.70 bits per heavy atom. The Kier molecular flexibility index (Phi) is 5.18. The van der Waals surface area contributed by atoms with Crippen molar-refractivity contribution in [2.45, 2.75) is 20.4 Å². The number of rotatable bonds is 4. The third-order valence-corrected chi connectivity index (χ3v) is 2.92. The van der Waals surface area contributed by atoms with Gasteiger partial charge >= 0.3 is 0 Å². The highest BCUT2D eigenvalue weighted by Crippen LogP contribution is 2.07. The lowest BCUT2D eigenvalue weighted by Gasteiger charge is -2.11. The number of anilines is 1. The van der Waals surface area contributed by atoms with Gasteiger partial charge in [0.05, 0.1) is 6.54 Å². The molecule has 0 aliphatic heterocycles. The first kappa shape index (κ1) is 14.1. The number of guanidine groups is 1. The van der Waals surface area contributed by atoms with E-state index >= 15 is 0 Å². The van der Waals surface area contributed by atoms with Crippen LogP contribution in [0.1, 0.15) is 18.1 Å². The molecule has 0 radical (unpaired) electrons. The highest BCUT2D eigenvalue weighted by molar-refractivity contribution is 5.93. The van der Waals surface area contributed by atoms with Gasteiger partial charge in [-0.2, -0.15) is 0 Å². The number of nitrogens with zero attached hydrogens (tertiary/aromatic N) is 1. The summed E-state index contributed by atoms with van der Waals surface area (Å²) in [7, 11) is 0. The summed E-state index contributed by atoms with van der Waals surface area (Å²) in [6.07, 6.45) is 0. The molecule has 2 N–H and O–H groups in total. The smallest absolute Gasteiger partial charge is 0.196 e. The fourth-order valence-corrected chi connectivity index (χ4v) is 1.83. The molecule has 0 saturated heterocycles. The van der Waals surface area contributed by atoms with Gasteiger partial charge in [0.15, 0.2) is 5.96 Å². The second-order valence-corrected chi connectivity index (χ2v) is 4.67. The lowest BCUT2D eigenvalue weighted by molar-refractivity contribution is 0.933. The van der Waals surface area contributed by atoms with Crippen LogP contribution in [0.4, 0.5) is 5.69 Å². The highest BCUT2D eigenvalue weighted by atomic mass is 15.2. The molecule has 0 spiro atoms. The monoisotopic (exact) mass is 267 g/mol. The molecule has 2 aromatic carbocycles. The summed E-state index contributed by atoms with van der Waals surface area (Å²) in [4.78, 5) is 4.60. The van der Waals surface area contributed by atoms with Gasteiger partial charge in [-0.15, -0.1) is 0 Å². The number of nitrogens with one attached hydrogen (secondary N) is 2. The van der Waals surface area contributed by atoms with Crippen LogP contribution < -0.4 is 10.6 Å². The van der Waals surface area contributed by atoms with Crippen molar-refractivity contribution in [3.05, 3.63) is 65.7 Å². The van der Waals surface area contributed by atoms with Crippen molar-refractivity contribution >= 4 is 11.6 Å². The van der Waals surface area contributed by atoms with Crippen molar-refractivity contribution in [3.63, 3.8) is 0 Å². The normalized spacial score (nSPS) is 11.2. The van der Waals surface area contributed by atoms with Crippen LogP contribution in [0.3, 0.4) is 0 Å². The maximum absolute atomic E-state index is 4.60. The van der Waals surface area contributed by atoms with Crippen LogP contribution in [0.5, 0.6) is 0 Å². The summed E-state index contributed by atoms with van der Waals surface area (Å²) in [6.45, 7) is 5.66. The summed E-state index contributed by atoms with van der Waals surface area (Å²) in [6, 6.07) is 18.5. The first-order chi connectivity index (χ1) is 9.78. The van der Waals surface area contributed by atoms with Gasteiger partial charge in [-0.1, -0.05) is 48.0 Å². The van der Waals surface area contributed by atoms with Crippen molar-refractivity contribution in [1.29, 1.82) is 0 Å². The molecular weight excluding hydrogens is 246 g/mol. The minimum Gasteiger partial charge on any atom is -0.356 e. The Labute approximate surface area is 120 Å². The fourth-order valence-electron chi connectivity index (χ4n) is 1.83. The van der Waals surface area contributed by atoms with Crippen molar-refractivity contribution < 1.29 is 0 Å². The number of benzene rings is 2. The summed E-state index contributed by atoms with van der Waals surface area (Å²) in [5, 5.41) is 6.55. The van der Waals surface area contributed by atoms with Gasteiger partial charge in [0, 0.05) is 12.2 Å². The Morgan fingerprint density at radius 1 is 1.00 bits per heavy atom. The van der Waals surface area contributed by atoms with E-state index in [1.54, 1.807) is 0 Å². The third-order valence-electron chi connectivity index (χ3n) is 2.92. The van der Waals surface area contributed by atoms with Crippen LogP contribution in [-0.2, 0) is 6.54 Å². The molecule has 0 fully saturated rings. The third kappa shape index (κ3) is 4.43. The Bertz CT molecular complexity index is 544. The van der Waals surface area contributed by atoms with Gasteiger partial charge in [0.2, 0.25) is 0 Å². The van der Waals surface area contributed by atoms with Gasteiger partial charge in [-0.3, -0.25) is 0 Å². The predicted molar refractivity (Wildman–Crippen MR) is 86.1 cm³/mol. The van der Waals surface area contributed by atoms with Crippen molar-refractivity contribution in [2.24, 2.45) is 4.99 Å². The molecule has 0 bridgehead atoms. The molecule has 0 aliphatic rings. The zero-order chi connectivity index (χ0) is 14.2. The van der Waals surface area contributed by atoms with E-state index in [1.165, 1.54) is 11.1 Å². The molecule has 0 amide bonds. The van der Waals surface area contributed by atoms with E-state index in [1.807, 2.05) is 30.3 Å². The van der Waals surface area contributed by atoms with E-state index in [0.29, 0.717) is 6.54 Å². The van der Waals surface area contributed by atoms with E-state index in [4.69, 9.17) is 0 Å². The van der Waals surface area contributed by atoms with E-state index in [-0.39, 0.29) is 0 Å². The predicted octanol–water partition coefficient (Wildman–Crippen LogP) is 3.57. The Morgan fingerprint density at radius 3 is 2.35 bits per heavy atom. The molecule has 2 rings (SSSR count). The van der Waals surface area contributed by atoms with Crippen LogP contribution in [0.15, 0.2) is 59.6 Å². The summed E-state index contributed by atoms with van der Waals surface area (Å²) >= 11 is 0.